The van der Waals surface area contributed by atoms with Crippen molar-refractivity contribution >= 4 is 11.5 Å². The molecule has 15 heavy (non-hydrogen) atoms. The third kappa shape index (κ3) is 3.78. The number of nitrogens with one attached hydrogen (secondary N) is 1. The van der Waals surface area contributed by atoms with Crippen molar-refractivity contribution in [3.8, 4) is 0 Å². The molecule has 84 valence electrons. The minimum atomic E-state index is 0.444. The molecule has 0 spiro atoms. The average Bonchev–Trinajstić information content (AvgIpc) is 2.08. The number of nitrogen functional groups attached to an aromatic ring is 1. The summed E-state index contributed by atoms with van der Waals surface area (Å²) in [4.78, 5) is 4.29. The minimum absolute atomic E-state index is 0.444. The van der Waals surface area contributed by atoms with Crippen LogP contribution in [-0.2, 0) is 0 Å². The summed E-state index contributed by atoms with van der Waals surface area (Å²) >= 11 is 0. The van der Waals surface area contributed by atoms with Crippen molar-refractivity contribution in [2.24, 2.45) is 5.92 Å². The lowest BCUT2D eigenvalue weighted by Crippen LogP contribution is -2.18. The van der Waals surface area contributed by atoms with Crippen LogP contribution in [0.3, 0.4) is 0 Å². The molecule has 1 aromatic rings. The van der Waals surface area contributed by atoms with Gasteiger partial charge in [0.05, 0.1) is 11.9 Å². The van der Waals surface area contributed by atoms with Gasteiger partial charge in [0.25, 0.3) is 0 Å². The van der Waals surface area contributed by atoms with Crippen molar-refractivity contribution in [1.82, 2.24) is 4.98 Å². The van der Waals surface area contributed by atoms with Gasteiger partial charge < -0.3 is 11.1 Å². The van der Waals surface area contributed by atoms with Crippen molar-refractivity contribution < 1.29 is 0 Å². The first-order valence-electron chi connectivity index (χ1n) is 5.47. The van der Waals surface area contributed by atoms with E-state index >= 15 is 0 Å². The maximum absolute atomic E-state index is 5.65. The standard InChI is InChI=1S/C12H21N3/c1-8(2)5-10(4)15-12-9(3)6-11(13)7-14-12/h6-8,10H,5,13H2,1-4H3,(H,14,15). The Hall–Kier alpha value is -1.25. The summed E-state index contributed by atoms with van der Waals surface area (Å²) in [6, 6.07) is 2.39. The van der Waals surface area contributed by atoms with Crippen molar-refractivity contribution in [1.29, 1.82) is 0 Å². The lowest BCUT2D eigenvalue weighted by Gasteiger charge is -2.17. The number of pyridine rings is 1. The predicted molar refractivity (Wildman–Crippen MR) is 65.9 cm³/mol. The van der Waals surface area contributed by atoms with E-state index in [1.165, 1.54) is 0 Å². The van der Waals surface area contributed by atoms with E-state index in [2.05, 4.69) is 31.1 Å². The number of nitrogens with two attached hydrogens (primary N) is 1. The molecule has 0 aliphatic heterocycles. The van der Waals surface area contributed by atoms with Gasteiger partial charge in [0.1, 0.15) is 5.82 Å². The Bertz CT molecular complexity index is 321. The van der Waals surface area contributed by atoms with Crippen LogP contribution in [-0.4, -0.2) is 11.0 Å². The molecule has 1 aromatic heterocycles. The van der Waals surface area contributed by atoms with Crippen LogP contribution in [0.5, 0.6) is 0 Å². The SMILES string of the molecule is Cc1cc(N)cnc1NC(C)CC(C)C. The summed E-state index contributed by atoms with van der Waals surface area (Å²) in [5.74, 6) is 1.64. The first kappa shape index (κ1) is 11.8. The van der Waals surface area contributed by atoms with Gasteiger partial charge in [-0.15, -0.1) is 0 Å². The highest BCUT2D eigenvalue weighted by Gasteiger charge is 2.07. The van der Waals surface area contributed by atoms with Gasteiger partial charge in [0.2, 0.25) is 0 Å². The van der Waals surface area contributed by atoms with E-state index in [1.54, 1.807) is 6.20 Å². The molecule has 0 aliphatic carbocycles. The van der Waals surface area contributed by atoms with Gasteiger partial charge in [0.15, 0.2) is 0 Å². The zero-order valence-corrected chi connectivity index (χ0v) is 10.0. The van der Waals surface area contributed by atoms with Crippen molar-refractivity contribution in [3.63, 3.8) is 0 Å². The van der Waals surface area contributed by atoms with Crippen molar-refractivity contribution in [3.05, 3.63) is 17.8 Å². The monoisotopic (exact) mass is 207 g/mol. The first-order chi connectivity index (χ1) is 6.99. The Labute approximate surface area is 92.1 Å². The van der Waals surface area contributed by atoms with Crippen LogP contribution in [0.15, 0.2) is 12.3 Å². The molecule has 1 unspecified atom stereocenters. The molecule has 1 atom stereocenters. The number of hydrogen-bond donors (Lipinski definition) is 2. The summed E-state index contributed by atoms with van der Waals surface area (Å²) in [7, 11) is 0. The molecule has 0 aromatic carbocycles. The van der Waals surface area contributed by atoms with Gasteiger partial charge in [-0.2, -0.15) is 0 Å². The smallest absolute Gasteiger partial charge is 0.129 e. The molecule has 0 fully saturated rings. The Kier molecular flexibility index (Phi) is 3.95. The summed E-state index contributed by atoms with van der Waals surface area (Å²) in [6.45, 7) is 8.65. The highest BCUT2D eigenvalue weighted by Crippen LogP contribution is 2.16. The molecule has 0 saturated carbocycles. The molecular weight excluding hydrogens is 186 g/mol. The topological polar surface area (TPSA) is 50.9 Å². The third-order valence-corrected chi connectivity index (χ3v) is 2.31. The number of hydrogen-bond acceptors (Lipinski definition) is 3. The largest absolute Gasteiger partial charge is 0.397 e. The van der Waals surface area contributed by atoms with Crippen LogP contribution in [0.4, 0.5) is 11.5 Å². The number of aromatic nitrogens is 1. The lowest BCUT2D eigenvalue weighted by molar-refractivity contribution is 0.538. The van der Waals surface area contributed by atoms with E-state index in [0.717, 1.165) is 23.5 Å². The van der Waals surface area contributed by atoms with Gasteiger partial charge in [-0.25, -0.2) is 4.98 Å². The fourth-order valence-electron chi connectivity index (χ4n) is 1.75. The van der Waals surface area contributed by atoms with Crippen LogP contribution in [0, 0.1) is 12.8 Å². The minimum Gasteiger partial charge on any atom is -0.397 e. The molecule has 0 saturated heterocycles. The van der Waals surface area contributed by atoms with Gasteiger partial charge in [-0.3, -0.25) is 0 Å². The zero-order chi connectivity index (χ0) is 11.4. The van der Waals surface area contributed by atoms with Crippen molar-refractivity contribution in [2.75, 3.05) is 11.1 Å². The van der Waals surface area contributed by atoms with E-state index in [0.29, 0.717) is 12.0 Å². The molecule has 1 rings (SSSR count). The lowest BCUT2D eigenvalue weighted by atomic mass is 10.1. The molecule has 0 radical (unpaired) electrons. The van der Waals surface area contributed by atoms with E-state index in [-0.39, 0.29) is 0 Å². The molecule has 1 heterocycles. The second-order valence-electron chi connectivity index (χ2n) is 4.61. The van der Waals surface area contributed by atoms with Crippen LogP contribution in [0.1, 0.15) is 32.8 Å². The molecule has 0 amide bonds. The molecule has 0 bridgehead atoms. The molecular formula is C12H21N3. The van der Waals surface area contributed by atoms with E-state index < -0.39 is 0 Å². The number of nitrogens with zero attached hydrogens (tertiary/aromatic N) is 1. The summed E-state index contributed by atoms with van der Waals surface area (Å²) in [5, 5.41) is 3.40. The Balaban J connectivity index is 2.64. The molecule has 3 nitrogen and oxygen atoms in total. The number of rotatable bonds is 4. The van der Waals surface area contributed by atoms with Gasteiger partial charge in [-0.05, 0) is 37.8 Å². The molecule has 3 N–H and O–H groups in total. The Morgan fingerprint density at radius 3 is 2.60 bits per heavy atom. The van der Waals surface area contributed by atoms with Gasteiger partial charge in [0, 0.05) is 6.04 Å². The van der Waals surface area contributed by atoms with Gasteiger partial charge >= 0.3 is 0 Å². The van der Waals surface area contributed by atoms with Crippen LogP contribution in [0.2, 0.25) is 0 Å². The third-order valence-electron chi connectivity index (χ3n) is 2.31. The number of anilines is 2. The first-order valence-corrected chi connectivity index (χ1v) is 5.47. The zero-order valence-electron chi connectivity index (χ0n) is 10.0. The summed E-state index contributed by atoms with van der Waals surface area (Å²) in [6.07, 6.45) is 2.84. The van der Waals surface area contributed by atoms with E-state index in [1.807, 2.05) is 13.0 Å². The van der Waals surface area contributed by atoms with E-state index in [4.69, 9.17) is 5.73 Å². The maximum Gasteiger partial charge on any atom is 0.129 e. The fraction of sp³-hybridized carbons (Fsp3) is 0.583. The number of aryl methyl sites for hydroxylation is 1. The van der Waals surface area contributed by atoms with Crippen LogP contribution < -0.4 is 11.1 Å². The Morgan fingerprint density at radius 2 is 2.07 bits per heavy atom. The van der Waals surface area contributed by atoms with Crippen LogP contribution >= 0.6 is 0 Å². The normalized spacial score (nSPS) is 12.9. The quantitative estimate of drug-likeness (QED) is 0.798. The summed E-state index contributed by atoms with van der Waals surface area (Å²) in [5.41, 5.74) is 7.47. The second kappa shape index (κ2) is 5.01. The predicted octanol–water partition coefficient (Wildman–Crippen LogP) is 2.82. The Morgan fingerprint density at radius 1 is 1.40 bits per heavy atom. The van der Waals surface area contributed by atoms with Crippen molar-refractivity contribution in [2.45, 2.75) is 40.2 Å². The molecule has 0 aliphatic rings. The maximum atomic E-state index is 5.65. The molecule has 3 heteroatoms. The highest BCUT2D eigenvalue weighted by atomic mass is 15.0. The van der Waals surface area contributed by atoms with E-state index in [9.17, 15) is 0 Å². The van der Waals surface area contributed by atoms with Gasteiger partial charge in [-0.1, -0.05) is 13.8 Å². The highest BCUT2D eigenvalue weighted by molar-refractivity contribution is 5.51. The second-order valence-corrected chi connectivity index (χ2v) is 4.61. The average molecular weight is 207 g/mol. The fourth-order valence-corrected chi connectivity index (χ4v) is 1.75. The summed E-state index contributed by atoms with van der Waals surface area (Å²) < 4.78 is 0. The van der Waals surface area contributed by atoms with Crippen LogP contribution in [0.25, 0.3) is 0 Å².